The van der Waals surface area contributed by atoms with Crippen LogP contribution in [0.2, 0.25) is 0 Å². The molecule has 13 heavy (non-hydrogen) atoms. The average Bonchev–Trinajstić information content (AvgIpc) is 2.02. The van der Waals surface area contributed by atoms with Gasteiger partial charge in [-0.05, 0) is 26.8 Å². The number of nitrogens with zero attached hydrogens (tertiary/aromatic N) is 1. The lowest BCUT2D eigenvalue weighted by atomic mass is 10.1. The molecule has 1 aromatic rings. The molecule has 3 N–H and O–H groups in total. The molecule has 0 saturated heterocycles. The minimum Gasteiger partial charge on any atom is -0.365 e. The molecule has 0 bridgehead atoms. The van der Waals surface area contributed by atoms with E-state index in [4.69, 9.17) is 5.73 Å². The van der Waals surface area contributed by atoms with Gasteiger partial charge < -0.3 is 11.1 Å². The SMILES string of the molecule is CC(C)(C)Nc1ncccc1CN. The third-order valence-corrected chi connectivity index (χ3v) is 1.60. The second kappa shape index (κ2) is 3.75. The highest BCUT2D eigenvalue weighted by Gasteiger charge is 2.11. The van der Waals surface area contributed by atoms with Gasteiger partial charge in [0.05, 0.1) is 0 Å². The first kappa shape index (κ1) is 9.99. The predicted molar refractivity (Wildman–Crippen MR) is 55.5 cm³/mol. The van der Waals surface area contributed by atoms with Gasteiger partial charge in [0.1, 0.15) is 5.82 Å². The predicted octanol–water partition coefficient (Wildman–Crippen LogP) is 1.75. The van der Waals surface area contributed by atoms with Gasteiger partial charge >= 0.3 is 0 Å². The highest BCUT2D eigenvalue weighted by atomic mass is 15.0. The van der Waals surface area contributed by atoms with Gasteiger partial charge in [0.15, 0.2) is 0 Å². The molecular weight excluding hydrogens is 162 g/mol. The summed E-state index contributed by atoms with van der Waals surface area (Å²) in [7, 11) is 0. The van der Waals surface area contributed by atoms with Crippen LogP contribution < -0.4 is 11.1 Å². The van der Waals surface area contributed by atoms with Crippen LogP contribution in [0.15, 0.2) is 18.3 Å². The monoisotopic (exact) mass is 179 g/mol. The topological polar surface area (TPSA) is 50.9 Å². The number of rotatable bonds is 2. The number of nitrogens with one attached hydrogen (secondary N) is 1. The Bertz CT molecular complexity index is 276. The quantitative estimate of drug-likeness (QED) is 0.727. The molecule has 0 radical (unpaired) electrons. The fourth-order valence-electron chi connectivity index (χ4n) is 1.07. The van der Waals surface area contributed by atoms with Crippen LogP contribution >= 0.6 is 0 Å². The number of hydrogen-bond acceptors (Lipinski definition) is 3. The van der Waals surface area contributed by atoms with Crippen LogP contribution in [0.25, 0.3) is 0 Å². The molecular formula is C10H17N3. The van der Waals surface area contributed by atoms with Crippen molar-refractivity contribution >= 4 is 5.82 Å². The number of aromatic nitrogens is 1. The van der Waals surface area contributed by atoms with E-state index in [2.05, 4.69) is 31.1 Å². The summed E-state index contributed by atoms with van der Waals surface area (Å²) in [5, 5.41) is 3.31. The first-order valence-electron chi connectivity index (χ1n) is 4.45. The highest BCUT2D eigenvalue weighted by molar-refractivity contribution is 5.45. The minimum atomic E-state index is 0.0261. The Kier molecular flexibility index (Phi) is 2.88. The van der Waals surface area contributed by atoms with Crippen molar-refractivity contribution in [3.63, 3.8) is 0 Å². The van der Waals surface area contributed by atoms with Gasteiger partial charge in [-0.3, -0.25) is 0 Å². The van der Waals surface area contributed by atoms with Gasteiger partial charge in [-0.2, -0.15) is 0 Å². The summed E-state index contributed by atoms with van der Waals surface area (Å²) >= 11 is 0. The Morgan fingerprint density at radius 3 is 2.69 bits per heavy atom. The molecule has 0 amide bonds. The minimum absolute atomic E-state index is 0.0261. The maximum absolute atomic E-state index is 5.59. The lowest BCUT2D eigenvalue weighted by Crippen LogP contribution is -2.27. The van der Waals surface area contributed by atoms with Crippen molar-refractivity contribution in [2.45, 2.75) is 32.9 Å². The third-order valence-electron chi connectivity index (χ3n) is 1.60. The third kappa shape index (κ3) is 3.03. The zero-order valence-corrected chi connectivity index (χ0v) is 8.46. The van der Waals surface area contributed by atoms with E-state index in [1.54, 1.807) is 6.20 Å². The lowest BCUT2D eigenvalue weighted by Gasteiger charge is -2.22. The van der Waals surface area contributed by atoms with Crippen LogP contribution in [-0.2, 0) is 6.54 Å². The van der Waals surface area contributed by atoms with Gasteiger partial charge in [-0.1, -0.05) is 6.07 Å². The van der Waals surface area contributed by atoms with E-state index < -0.39 is 0 Å². The van der Waals surface area contributed by atoms with E-state index in [1.165, 1.54) is 0 Å². The summed E-state index contributed by atoms with van der Waals surface area (Å²) in [6, 6.07) is 3.89. The van der Waals surface area contributed by atoms with Gasteiger partial charge in [0.2, 0.25) is 0 Å². The van der Waals surface area contributed by atoms with E-state index >= 15 is 0 Å². The summed E-state index contributed by atoms with van der Waals surface area (Å²) in [4.78, 5) is 4.24. The van der Waals surface area contributed by atoms with Crippen molar-refractivity contribution in [2.24, 2.45) is 5.73 Å². The average molecular weight is 179 g/mol. The molecule has 0 spiro atoms. The maximum atomic E-state index is 5.59. The molecule has 0 aliphatic rings. The summed E-state index contributed by atoms with van der Waals surface area (Å²) in [5.74, 6) is 0.887. The van der Waals surface area contributed by atoms with Crippen molar-refractivity contribution in [3.05, 3.63) is 23.9 Å². The fraction of sp³-hybridized carbons (Fsp3) is 0.500. The highest BCUT2D eigenvalue weighted by Crippen LogP contribution is 2.15. The van der Waals surface area contributed by atoms with Crippen molar-refractivity contribution < 1.29 is 0 Å². The second-order valence-corrected chi connectivity index (χ2v) is 4.09. The molecule has 3 heteroatoms. The first-order valence-corrected chi connectivity index (χ1v) is 4.45. The van der Waals surface area contributed by atoms with Gasteiger partial charge in [0.25, 0.3) is 0 Å². The van der Waals surface area contributed by atoms with Crippen LogP contribution in [0.1, 0.15) is 26.3 Å². The zero-order valence-electron chi connectivity index (χ0n) is 8.46. The van der Waals surface area contributed by atoms with E-state index in [9.17, 15) is 0 Å². The van der Waals surface area contributed by atoms with E-state index in [0.29, 0.717) is 6.54 Å². The van der Waals surface area contributed by atoms with Crippen LogP contribution in [0.5, 0.6) is 0 Å². The molecule has 0 saturated carbocycles. The normalized spacial score (nSPS) is 11.4. The second-order valence-electron chi connectivity index (χ2n) is 4.09. The van der Waals surface area contributed by atoms with Gasteiger partial charge in [-0.25, -0.2) is 4.98 Å². The molecule has 1 aromatic heterocycles. The zero-order chi connectivity index (χ0) is 9.90. The Morgan fingerprint density at radius 2 is 2.15 bits per heavy atom. The number of pyridine rings is 1. The van der Waals surface area contributed by atoms with Gasteiger partial charge in [0, 0.05) is 23.8 Å². The van der Waals surface area contributed by atoms with E-state index in [0.717, 1.165) is 11.4 Å². The van der Waals surface area contributed by atoms with Crippen LogP contribution in [0.3, 0.4) is 0 Å². The number of hydrogen-bond donors (Lipinski definition) is 2. The fourth-order valence-corrected chi connectivity index (χ4v) is 1.07. The molecule has 0 atom stereocenters. The molecule has 0 unspecified atom stereocenters. The Hall–Kier alpha value is -1.09. The number of nitrogens with two attached hydrogens (primary N) is 1. The van der Waals surface area contributed by atoms with Crippen molar-refractivity contribution in [3.8, 4) is 0 Å². The summed E-state index contributed by atoms with van der Waals surface area (Å²) < 4.78 is 0. The Labute approximate surface area is 79.4 Å². The van der Waals surface area contributed by atoms with Gasteiger partial charge in [-0.15, -0.1) is 0 Å². The van der Waals surface area contributed by atoms with Crippen molar-refractivity contribution in [1.29, 1.82) is 0 Å². The van der Waals surface area contributed by atoms with Crippen molar-refractivity contribution in [1.82, 2.24) is 4.98 Å². The smallest absolute Gasteiger partial charge is 0.130 e. The van der Waals surface area contributed by atoms with Crippen molar-refractivity contribution in [2.75, 3.05) is 5.32 Å². The molecule has 3 nitrogen and oxygen atoms in total. The Morgan fingerprint density at radius 1 is 1.46 bits per heavy atom. The van der Waals surface area contributed by atoms with Crippen LogP contribution in [-0.4, -0.2) is 10.5 Å². The molecule has 72 valence electrons. The maximum Gasteiger partial charge on any atom is 0.130 e. The standard InChI is InChI=1S/C10H17N3/c1-10(2,3)13-9-8(7-11)5-4-6-12-9/h4-6H,7,11H2,1-3H3,(H,12,13). The summed E-state index contributed by atoms with van der Waals surface area (Å²) in [6.07, 6.45) is 1.77. The number of anilines is 1. The summed E-state index contributed by atoms with van der Waals surface area (Å²) in [6.45, 7) is 6.82. The summed E-state index contributed by atoms with van der Waals surface area (Å²) in [5.41, 5.74) is 6.67. The molecule has 1 rings (SSSR count). The molecule has 0 aliphatic carbocycles. The molecule has 1 heterocycles. The Balaban J connectivity index is 2.87. The van der Waals surface area contributed by atoms with E-state index in [-0.39, 0.29) is 5.54 Å². The lowest BCUT2D eigenvalue weighted by molar-refractivity contribution is 0.628. The first-order chi connectivity index (χ1) is 6.03. The van der Waals surface area contributed by atoms with Crippen LogP contribution in [0.4, 0.5) is 5.82 Å². The van der Waals surface area contributed by atoms with Crippen LogP contribution in [0, 0.1) is 0 Å². The van der Waals surface area contributed by atoms with E-state index in [1.807, 2.05) is 12.1 Å². The molecule has 0 aliphatic heterocycles. The molecule has 0 aromatic carbocycles. The largest absolute Gasteiger partial charge is 0.365 e. The molecule has 0 fully saturated rings.